The summed E-state index contributed by atoms with van der Waals surface area (Å²) in [6.45, 7) is 6.17. The molecule has 1 aliphatic carbocycles. The van der Waals surface area contributed by atoms with Crippen molar-refractivity contribution in [2.24, 2.45) is 5.92 Å². The molecule has 4 heteroatoms. The molecule has 0 aromatic rings. The number of likely N-dealkylation sites (N-methyl/N-ethyl adjacent to an activating group) is 1. The van der Waals surface area contributed by atoms with Gasteiger partial charge < -0.3 is 10.0 Å². The minimum absolute atomic E-state index is 0.210. The summed E-state index contributed by atoms with van der Waals surface area (Å²) in [5.41, 5.74) is -0.628. The second kappa shape index (κ2) is 6.44. The molecule has 116 valence electrons. The average Bonchev–Trinajstić information content (AvgIpc) is 2.37. The normalized spacial score (nSPS) is 35.8. The third kappa shape index (κ3) is 4.19. The van der Waals surface area contributed by atoms with Crippen LogP contribution in [-0.4, -0.2) is 59.1 Å². The number of hydrogen-bond acceptors (Lipinski definition) is 3. The predicted octanol–water partition coefficient (Wildman–Crippen LogP) is 1.87. The Morgan fingerprint density at radius 3 is 2.60 bits per heavy atom. The second-order valence-corrected chi connectivity index (χ2v) is 7.23. The van der Waals surface area contributed by atoms with Gasteiger partial charge in [-0.15, -0.1) is 0 Å². The van der Waals surface area contributed by atoms with Crippen molar-refractivity contribution in [2.45, 2.75) is 64.0 Å². The second-order valence-electron chi connectivity index (χ2n) is 7.23. The van der Waals surface area contributed by atoms with Crippen molar-refractivity contribution in [1.82, 2.24) is 9.80 Å². The number of piperidine rings is 1. The van der Waals surface area contributed by atoms with Crippen LogP contribution in [0.3, 0.4) is 0 Å². The van der Waals surface area contributed by atoms with Crippen molar-refractivity contribution >= 4 is 5.91 Å². The molecule has 1 aliphatic heterocycles. The Labute approximate surface area is 123 Å². The highest BCUT2D eigenvalue weighted by Gasteiger charge is 2.31. The van der Waals surface area contributed by atoms with E-state index in [0.717, 1.165) is 38.1 Å². The summed E-state index contributed by atoms with van der Waals surface area (Å²) < 4.78 is 0. The van der Waals surface area contributed by atoms with Gasteiger partial charge in [-0.05, 0) is 57.9 Å². The van der Waals surface area contributed by atoms with Crippen LogP contribution < -0.4 is 0 Å². The van der Waals surface area contributed by atoms with Gasteiger partial charge >= 0.3 is 0 Å². The Morgan fingerprint density at radius 2 is 2.00 bits per heavy atom. The zero-order chi connectivity index (χ0) is 14.8. The van der Waals surface area contributed by atoms with Gasteiger partial charge in [-0.2, -0.15) is 0 Å². The Balaban J connectivity index is 1.82. The molecule has 0 radical (unpaired) electrons. The highest BCUT2D eigenvalue weighted by Crippen LogP contribution is 2.27. The van der Waals surface area contributed by atoms with E-state index in [0.29, 0.717) is 19.1 Å². The molecule has 1 heterocycles. The standard InChI is InChI=1S/C16H30N2O2/c1-13-5-7-14(8-6-13)17(3)15(19)11-18-10-4-9-16(2,20)12-18/h13-14,20H,4-12H2,1-3H3. The fourth-order valence-electron chi connectivity index (χ4n) is 3.59. The summed E-state index contributed by atoms with van der Waals surface area (Å²) in [5, 5.41) is 10.1. The van der Waals surface area contributed by atoms with E-state index < -0.39 is 5.60 Å². The van der Waals surface area contributed by atoms with Gasteiger partial charge in [-0.1, -0.05) is 6.92 Å². The van der Waals surface area contributed by atoms with Crippen molar-refractivity contribution in [3.05, 3.63) is 0 Å². The van der Waals surface area contributed by atoms with E-state index in [1.807, 2.05) is 18.9 Å². The Kier molecular flexibility index (Phi) is 5.08. The fourth-order valence-corrected chi connectivity index (χ4v) is 3.59. The molecule has 0 bridgehead atoms. The summed E-state index contributed by atoms with van der Waals surface area (Å²) >= 11 is 0. The van der Waals surface area contributed by atoms with Gasteiger partial charge in [0, 0.05) is 19.6 Å². The number of carbonyl (C=O) groups is 1. The largest absolute Gasteiger partial charge is 0.389 e. The molecule has 0 spiro atoms. The maximum atomic E-state index is 12.4. The third-order valence-corrected chi connectivity index (χ3v) is 5.04. The van der Waals surface area contributed by atoms with E-state index in [-0.39, 0.29) is 5.91 Å². The minimum atomic E-state index is -0.628. The molecular weight excluding hydrogens is 252 g/mol. The van der Waals surface area contributed by atoms with Crippen LogP contribution in [0.4, 0.5) is 0 Å². The van der Waals surface area contributed by atoms with E-state index >= 15 is 0 Å². The molecule has 1 N–H and O–H groups in total. The number of likely N-dealkylation sites (tertiary alicyclic amines) is 1. The molecule has 4 nitrogen and oxygen atoms in total. The number of rotatable bonds is 3. The molecular formula is C16H30N2O2. The summed E-state index contributed by atoms with van der Waals surface area (Å²) in [6.07, 6.45) is 6.57. The van der Waals surface area contributed by atoms with E-state index in [2.05, 4.69) is 11.8 Å². The molecule has 20 heavy (non-hydrogen) atoms. The summed E-state index contributed by atoms with van der Waals surface area (Å²) in [7, 11) is 1.95. The van der Waals surface area contributed by atoms with Crippen molar-refractivity contribution in [3.8, 4) is 0 Å². The van der Waals surface area contributed by atoms with Crippen LogP contribution in [0.15, 0.2) is 0 Å². The average molecular weight is 282 g/mol. The highest BCUT2D eigenvalue weighted by atomic mass is 16.3. The first-order valence-corrected chi connectivity index (χ1v) is 8.08. The monoisotopic (exact) mass is 282 g/mol. The van der Waals surface area contributed by atoms with Gasteiger partial charge in [0.05, 0.1) is 12.1 Å². The zero-order valence-corrected chi connectivity index (χ0v) is 13.3. The van der Waals surface area contributed by atoms with Crippen molar-refractivity contribution in [3.63, 3.8) is 0 Å². The fraction of sp³-hybridized carbons (Fsp3) is 0.938. The van der Waals surface area contributed by atoms with Crippen LogP contribution in [0, 0.1) is 5.92 Å². The first kappa shape index (κ1) is 15.8. The van der Waals surface area contributed by atoms with Crippen LogP contribution >= 0.6 is 0 Å². The van der Waals surface area contributed by atoms with Crippen LogP contribution in [0.2, 0.25) is 0 Å². The lowest BCUT2D eigenvalue weighted by Gasteiger charge is -2.38. The van der Waals surface area contributed by atoms with Crippen molar-refractivity contribution in [1.29, 1.82) is 0 Å². The number of aliphatic hydroxyl groups is 1. The topological polar surface area (TPSA) is 43.8 Å². The molecule has 0 aromatic carbocycles. The molecule has 1 atom stereocenters. The number of amides is 1. The molecule has 0 aromatic heterocycles. The molecule has 2 aliphatic rings. The summed E-state index contributed by atoms with van der Waals surface area (Å²) in [5.74, 6) is 1.02. The number of β-amino-alcohol motifs (C(OH)–C–C–N with tert-alkyl or cyclic N) is 1. The first-order chi connectivity index (χ1) is 9.37. The van der Waals surface area contributed by atoms with Crippen LogP contribution in [-0.2, 0) is 4.79 Å². The summed E-state index contributed by atoms with van der Waals surface area (Å²) in [4.78, 5) is 16.5. The number of nitrogens with zero attached hydrogens (tertiary/aromatic N) is 2. The molecule has 1 saturated carbocycles. The number of carbonyl (C=O) groups excluding carboxylic acids is 1. The molecule has 2 rings (SSSR count). The van der Waals surface area contributed by atoms with Gasteiger partial charge in [-0.3, -0.25) is 9.69 Å². The van der Waals surface area contributed by atoms with Gasteiger partial charge in [0.1, 0.15) is 0 Å². The van der Waals surface area contributed by atoms with E-state index in [4.69, 9.17) is 0 Å². The molecule has 1 amide bonds. The van der Waals surface area contributed by atoms with Gasteiger partial charge in [0.2, 0.25) is 5.91 Å². The smallest absolute Gasteiger partial charge is 0.236 e. The van der Waals surface area contributed by atoms with E-state index in [1.54, 1.807) is 0 Å². The van der Waals surface area contributed by atoms with E-state index in [9.17, 15) is 9.90 Å². The maximum absolute atomic E-state index is 12.4. The summed E-state index contributed by atoms with van der Waals surface area (Å²) in [6, 6.07) is 0.420. The van der Waals surface area contributed by atoms with Gasteiger partial charge in [0.25, 0.3) is 0 Å². The van der Waals surface area contributed by atoms with Gasteiger partial charge in [-0.25, -0.2) is 0 Å². The quantitative estimate of drug-likeness (QED) is 0.859. The van der Waals surface area contributed by atoms with Crippen LogP contribution in [0.1, 0.15) is 52.4 Å². The molecule has 1 unspecified atom stereocenters. The van der Waals surface area contributed by atoms with E-state index in [1.165, 1.54) is 12.8 Å². The lowest BCUT2D eigenvalue weighted by molar-refractivity contribution is -0.135. The van der Waals surface area contributed by atoms with Crippen molar-refractivity contribution in [2.75, 3.05) is 26.7 Å². The SMILES string of the molecule is CC1CCC(N(C)C(=O)CN2CCCC(C)(O)C2)CC1. The van der Waals surface area contributed by atoms with Crippen LogP contribution in [0.25, 0.3) is 0 Å². The van der Waals surface area contributed by atoms with Crippen molar-refractivity contribution < 1.29 is 9.90 Å². The lowest BCUT2D eigenvalue weighted by atomic mass is 9.86. The molecule has 2 fully saturated rings. The van der Waals surface area contributed by atoms with Crippen LogP contribution in [0.5, 0.6) is 0 Å². The Hall–Kier alpha value is -0.610. The minimum Gasteiger partial charge on any atom is -0.389 e. The predicted molar refractivity (Wildman–Crippen MR) is 80.5 cm³/mol. The molecule has 1 saturated heterocycles. The first-order valence-electron chi connectivity index (χ1n) is 8.08. The third-order valence-electron chi connectivity index (χ3n) is 5.04. The number of hydrogen-bond donors (Lipinski definition) is 1. The lowest BCUT2D eigenvalue weighted by Crippen LogP contribution is -2.51. The van der Waals surface area contributed by atoms with Gasteiger partial charge in [0.15, 0.2) is 0 Å². The highest BCUT2D eigenvalue weighted by molar-refractivity contribution is 5.78. The Bertz CT molecular complexity index is 335. The maximum Gasteiger partial charge on any atom is 0.236 e. The Morgan fingerprint density at radius 1 is 1.35 bits per heavy atom. The zero-order valence-electron chi connectivity index (χ0n) is 13.3.